The number of sulfone groups is 1. The Hall–Kier alpha value is -0.580. The summed E-state index contributed by atoms with van der Waals surface area (Å²) < 4.78 is 22.1. The molecule has 5 heteroatoms. The maximum Gasteiger partial charge on any atom is 0.220 e. The molecule has 13 heavy (non-hydrogen) atoms. The van der Waals surface area contributed by atoms with Gasteiger partial charge in [0, 0.05) is 13.0 Å². The minimum atomic E-state index is -2.84. The van der Waals surface area contributed by atoms with Gasteiger partial charge in [-0.15, -0.1) is 0 Å². The first kappa shape index (κ1) is 10.5. The summed E-state index contributed by atoms with van der Waals surface area (Å²) in [5.41, 5.74) is 0. The highest BCUT2D eigenvalue weighted by Crippen LogP contribution is 2.21. The van der Waals surface area contributed by atoms with E-state index in [2.05, 4.69) is 5.32 Å². The average molecular weight is 205 g/mol. The zero-order chi connectivity index (χ0) is 9.90. The Morgan fingerprint density at radius 1 is 1.54 bits per heavy atom. The monoisotopic (exact) mass is 205 g/mol. The highest BCUT2D eigenvalue weighted by molar-refractivity contribution is 7.91. The van der Waals surface area contributed by atoms with Crippen molar-refractivity contribution in [3.8, 4) is 0 Å². The van der Waals surface area contributed by atoms with E-state index in [-0.39, 0.29) is 23.3 Å². The van der Waals surface area contributed by atoms with E-state index in [1.807, 2.05) is 6.92 Å². The molecule has 1 N–H and O–H groups in total. The van der Waals surface area contributed by atoms with Crippen molar-refractivity contribution in [2.45, 2.75) is 19.8 Å². The van der Waals surface area contributed by atoms with E-state index in [4.69, 9.17) is 0 Å². The number of amides is 1. The number of hydrogen-bond donors (Lipinski definition) is 1. The van der Waals surface area contributed by atoms with Crippen molar-refractivity contribution in [2.24, 2.45) is 5.92 Å². The fraction of sp³-hybridized carbons (Fsp3) is 0.875. The minimum absolute atomic E-state index is 0.0374. The van der Waals surface area contributed by atoms with E-state index >= 15 is 0 Å². The smallest absolute Gasteiger partial charge is 0.220 e. The van der Waals surface area contributed by atoms with Crippen LogP contribution in [0.2, 0.25) is 0 Å². The molecule has 1 aliphatic heterocycles. The van der Waals surface area contributed by atoms with Crippen LogP contribution < -0.4 is 5.32 Å². The van der Waals surface area contributed by atoms with Gasteiger partial charge in [0.15, 0.2) is 9.84 Å². The fourth-order valence-corrected chi connectivity index (χ4v) is 3.43. The second-order valence-corrected chi connectivity index (χ2v) is 5.66. The number of nitrogens with one attached hydrogen (secondary N) is 1. The Balaban J connectivity index is 2.36. The quantitative estimate of drug-likeness (QED) is 0.702. The van der Waals surface area contributed by atoms with Crippen molar-refractivity contribution in [1.29, 1.82) is 0 Å². The molecule has 0 aromatic rings. The normalized spacial score (nSPS) is 25.8. The maximum absolute atomic E-state index is 11.1. The Kier molecular flexibility index (Phi) is 3.30. The summed E-state index contributed by atoms with van der Waals surface area (Å²) in [5, 5.41) is 2.67. The number of carbonyl (C=O) groups excluding carboxylic acids is 1. The molecule has 0 spiro atoms. The van der Waals surface area contributed by atoms with E-state index in [1.54, 1.807) is 0 Å². The zero-order valence-electron chi connectivity index (χ0n) is 7.75. The summed E-state index contributed by atoms with van der Waals surface area (Å²) in [7, 11) is -2.84. The van der Waals surface area contributed by atoms with Gasteiger partial charge in [0.1, 0.15) is 0 Å². The molecule has 0 bridgehead atoms. The van der Waals surface area contributed by atoms with Crippen LogP contribution >= 0.6 is 0 Å². The van der Waals surface area contributed by atoms with Crippen LogP contribution in [0.1, 0.15) is 19.8 Å². The van der Waals surface area contributed by atoms with E-state index in [0.29, 0.717) is 19.4 Å². The molecule has 76 valence electrons. The van der Waals surface area contributed by atoms with Gasteiger partial charge in [-0.05, 0) is 19.3 Å². The Bertz CT molecular complexity index is 284. The number of rotatable bonds is 3. The molecule has 1 aliphatic rings. The Morgan fingerprint density at radius 3 is 2.69 bits per heavy atom. The van der Waals surface area contributed by atoms with Gasteiger partial charge in [-0.1, -0.05) is 0 Å². The van der Waals surface area contributed by atoms with Crippen molar-refractivity contribution < 1.29 is 13.2 Å². The first-order valence-electron chi connectivity index (χ1n) is 4.50. The topological polar surface area (TPSA) is 63.2 Å². The average Bonchev–Trinajstić information content (AvgIpc) is 2.30. The fourth-order valence-electron chi connectivity index (χ4n) is 1.56. The molecule has 1 saturated heterocycles. The van der Waals surface area contributed by atoms with Crippen LogP contribution in [0.4, 0.5) is 0 Å². The lowest BCUT2D eigenvalue weighted by molar-refractivity contribution is -0.121. The second-order valence-electron chi connectivity index (χ2n) is 3.43. The molecule has 1 rings (SSSR count). The molecule has 0 radical (unpaired) electrons. The predicted octanol–water partition coefficient (Wildman–Crippen LogP) is -0.0527. The minimum Gasteiger partial charge on any atom is -0.356 e. The Morgan fingerprint density at radius 2 is 2.23 bits per heavy atom. The van der Waals surface area contributed by atoms with Crippen molar-refractivity contribution >= 4 is 15.7 Å². The summed E-state index contributed by atoms with van der Waals surface area (Å²) in [5.74, 6) is 0.433. The van der Waals surface area contributed by atoms with Gasteiger partial charge in [-0.3, -0.25) is 4.79 Å². The third-order valence-corrected chi connectivity index (χ3v) is 4.01. The summed E-state index contributed by atoms with van der Waals surface area (Å²) in [6, 6.07) is 0. The molecule has 1 unspecified atom stereocenters. The first-order chi connectivity index (χ1) is 6.03. The summed E-state index contributed by atoms with van der Waals surface area (Å²) in [6.45, 7) is 2.46. The molecule has 0 saturated carbocycles. The highest BCUT2D eigenvalue weighted by Gasteiger charge is 2.29. The molecule has 1 heterocycles. The maximum atomic E-state index is 11.1. The van der Waals surface area contributed by atoms with Gasteiger partial charge >= 0.3 is 0 Å². The standard InChI is InChI=1S/C8H15NO3S/c1-2-9-8(10)5-7-3-4-13(11,12)6-7/h7H,2-6H2,1H3,(H,9,10). The number of hydrogen-bond acceptors (Lipinski definition) is 3. The van der Waals surface area contributed by atoms with Crippen LogP contribution in [-0.4, -0.2) is 32.4 Å². The van der Waals surface area contributed by atoms with Gasteiger partial charge < -0.3 is 5.32 Å². The van der Waals surface area contributed by atoms with Gasteiger partial charge in [0.05, 0.1) is 11.5 Å². The van der Waals surface area contributed by atoms with Crippen molar-refractivity contribution in [3.05, 3.63) is 0 Å². The molecule has 0 aliphatic carbocycles. The van der Waals surface area contributed by atoms with Crippen LogP contribution in [-0.2, 0) is 14.6 Å². The van der Waals surface area contributed by atoms with Crippen molar-refractivity contribution in [1.82, 2.24) is 5.32 Å². The summed E-state index contributed by atoms with van der Waals surface area (Å²) in [6.07, 6.45) is 0.993. The van der Waals surface area contributed by atoms with E-state index in [9.17, 15) is 13.2 Å². The van der Waals surface area contributed by atoms with Gasteiger partial charge in [-0.2, -0.15) is 0 Å². The lowest BCUT2D eigenvalue weighted by Gasteiger charge is -2.06. The molecule has 1 amide bonds. The molecule has 0 aromatic heterocycles. The van der Waals surface area contributed by atoms with Crippen molar-refractivity contribution in [2.75, 3.05) is 18.1 Å². The zero-order valence-corrected chi connectivity index (χ0v) is 8.56. The molecule has 1 atom stereocenters. The largest absolute Gasteiger partial charge is 0.356 e. The van der Waals surface area contributed by atoms with E-state index in [1.165, 1.54) is 0 Å². The summed E-state index contributed by atoms with van der Waals surface area (Å²) >= 11 is 0. The lowest BCUT2D eigenvalue weighted by atomic mass is 10.1. The molecule has 4 nitrogen and oxygen atoms in total. The number of carbonyl (C=O) groups is 1. The van der Waals surface area contributed by atoms with Crippen LogP contribution in [0.25, 0.3) is 0 Å². The SMILES string of the molecule is CCNC(=O)CC1CCS(=O)(=O)C1. The van der Waals surface area contributed by atoms with Gasteiger partial charge in [0.25, 0.3) is 0 Å². The lowest BCUT2D eigenvalue weighted by Crippen LogP contribution is -2.25. The van der Waals surface area contributed by atoms with E-state index < -0.39 is 9.84 Å². The molecular formula is C8H15NO3S. The third-order valence-electron chi connectivity index (χ3n) is 2.17. The first-order valence-corrected chi connectivity index (χ1v) is 6.33. The van der Waals surface area contributed by atoms with Crippen molar-refractivity contribution in [3.63, 3.8) is 0 Å². The third kappa shape index (κ3) is 3.34. The molecular weight excluding hydrogens is 190 g/mol. The van der Waals surface area contributed by atoms with Crippen LogP contribution in [0.5, 0.6) is 0 Å². The van der Waals surface area contributed by atoms with Crippen LogP contribution in [0.3, 0.4) is 0 Å². The van der Waals surface area contributed by atoms with E-state index in [0.717, 1.165) is 0 Å². The van der Waals surface area contributed by atoms with Crippen LogP contribution in [0, 0.1) is 5.92 Å². The van der Waals surface area contributed by atoms with Gasteiger partial charge in [0.2, 0.25) is 5.91 Å². The summed E-state index contributed by atoms with van der Waals surface area (Å²) in [4.78, 5) is 11.1. The molecule has 1 fully saturated rings. The second kappa shape index (κ2) is 4.09. The molecule has 0 aromatic carbocycles. The van der Waals surface area contributed by atoms with Crippen LogP contribution in [0.15, 0.2) is 0 Å². The Labute approximate surface area is 78.6 Å². The van der Waals surface area contributed by atoms with Gasteiger partial charge in [-0.25, -0.2) is 8.42 Å². The highest BCUT2D eigenvalue weighted by atomic mass is 32.2. The predicted molar refractivity (Wildman–Crippen MR) is 50.1 cm³/mol.